The van der Waals surface area contributed by atoms with Gasteiger partial charge in [-0.2, -0.15) is 4.31 Å². The molecule has 1 aliphatic heterocycles. The minimum Gasteiger partial charge on any atom is -0.465 e. The van der Waals surface area contributed by atoms with Crippen molar-refractivity contribution in [1.82, 2.24) is 4.31 Å². The molecule has 2 aromatic carbocycles. The Bertz CT molecular complexity index is 1300. The largest absolute Gasteiger partial charge is 0.465 e. The van der Waals surface area contributed by atoms with Crippen LogP contribution in [0.1, 0.15) is 20.8 Å². The second kappa shape index (κ2) is 11.3. The molecule has 2 heterocycles. The van der Waals surface area contributed by atoms with Crippen molar-refractivity contribution in [2.75, 3.05) is 44.0 Å². The molecule has 3 aromatic rings. The first-order valence-electron chi connectivity index (χ1n) is 10.9. The average Bonchev–Trinajstić information content (AvgIpc) is 3.26. The second-order valence-corrected chi connectivity index (χ2v) is 11.2. The van der Waals surface area contributed by atoms with Crippen LogP contribution in [0.15, 0.2) is 65.6 Å². The zero-order valence-electron chi connectivity index (χ0n) is 19.0. The molecule has 184 valence electrons. The van der Waals surface area contributed by atoms with E-state index in [-0.39, 0.29) is 10.0 Å². The van der Waals surface area contributed by atoms with Gasteiger partial charge in [-0.05, 0) is 42.0 Å². The SMILES string of the molecule is COC(=O)c1cc(Cc2ccccc2)sc1NC(=S)Nc1cccc(S(=O)(=O)N2CCOCC2)c1. The molecule has 1 fully saturated rings. The number of esters is 1. The van der Waals surface area contributed by atoms with Gasteiger partial charge in [-0.3, -0.25) is 0 Å². The predicted molar refractivity (Wildman–Crippen MR) is 141 cm³/mol. The third kappa shape index (κ3) is 6.24. The summed E-state index contributed by atoms with van der Waals surface area (Å²) in [7, 11) is -2.31. The van der Waals surface area contributed by atoms with Gasteiger partial charge in [-0.1, -0.05) is 36.4 Å². The number of nitrogens with one attached hydrogen (secondary N) is 2. The van der Waals surface area contributed by atoms with Gasteiger partial charge in [0.2, 0.25) is 10.0 Å². The number of morpholine rings is 1. The number of hydrogen-bond acceptors (Lipinski definition) is 7. The van der Waals surface area contributed by atoms with Gasteiger partial charge in [-0.25, -0.2) is 13.2 Å². The van der Waals surface area contributed by atoms with Crippen molar-refractivity contribution in [3.8, 4) is 0 Å². The van der Waals surface area contributed by atoms with Gasteiger partial charge in [-0.15, -0.1) is 11.3 Å². The fourth-order valence-electron chi connectivity index (χ4n) is 3.62. The van der Waals surface area contributed by atoms with Gasteiger partial charge in [0.05, 0.1) is 30.8 Å². The van der Waals surface area contributed by atoms with Crippen LogP contribution in [-0.2, 0) is 25.9 Å². The van der Waals surface area contributed by atoms with Crippen molar-refractivity contribution in [2.24, 2.45) is 0 Å². The number of thiophene rings is 1. The summed E-state index contributed by atoms with van der Waals surface area (Å²) >= 11 is 6.87. The molecule has 1 aliphatic rings. The molecule has 0 radical (unpaired) electrons. The fraction of sp³-hybridized carbons (Fsp3) is 0.250. The van der Waals surface area contributed by atoms with Crippen LogP contribution in [0.2, 0.25) is 0 Å². The van der Waals surface area contributed by atoms with E-state index in [4.69, 9.17) is 21.7 Å². The molecule has 0 amide bonds. The van der Waals surface area contributed by atoms with E-state index in [1.807, 2.05) is 30.3 Å². The summed E-state index contributed by atoms with van der Waals surface area (Å²) in [4.78, 5) is 13.5. The molecular formula is C24H25N3O5S3. The second-order valence-electron chi connectivity index (χ2n) is 7.73. The van der Waals surface area contributed by atoms with Gasteiger partial charge in [0.25, 0.3) is 0 Å². The number of carbonyl (C=O) groups excluding carboxylic acids is 1. The lowest BCUT2D eigenvalue weighted by Crippen LogP contribution is -2.40. The quantitative estimate of drug-likeness (QED) is 0.349. The number of carbonyl (C=O) groups is 1. The summed E-state index contributed by atoms with van der Waals surface area (Å²) in [6.45, 7) is 1.39. The van der Waals surface area contributed by atoms with Gasteiger partial charge in [0.1, 0.15) is 5.00 Å². The van der Waals surface area contributed by atoms with Crippen LogP contribution in [0.3, 0.4) is 0 Å². The lowest BCUT2D eigenvalue weighted by molar-refractivity contribution is 0.0602. The van der Waals surface area contributed by atoms with Crippen LogP contribution < -0.4 is 10.6 Å². The van der Waals surface area contributed by atoms with E-state index in [9.17, 15) is 13.2 Å². The Morgan fingerprint density at radius 2 is 1.83 bits per heavy atom. The van der Waals surface area contributed by atoms with E-state index in [1.165, 1.54) is 28.8 Å². The van der Waals surface area contributed by atoms with Crippen molar-refractivity contribution in [3.63, 3.8) is 0 Å². The summed E-state index contributed by atoms with van der Waals surface area (Å²) in [5.74, 6) is -0.468. The van der Waals surface area contributed by atoms with E-state index in [0.717, 1.165) is 10.4 Å². The number of anilines is 2. The smallest absolute Gasteiger partial charge is 0.340 e. The highest BCUT2D eigenvalue weighted by molar-refractivity contribution is 7.89. The molecule has 0 aliphatic carbocycles. The minimum absolute atomic E-state index is 0.170. The Morgan fingerprint density at radius 1 is 1.09 bits per heavy atom. The molecule has 0 spiro atoms. The van der Waals surface area contributed by atoms with Crippen molar-refractivity contribution in [1.29, 1.82) is 0 Å². The average molecular weight is 532 g/mol. The monoisotopic (exact) mass is 531 g/mol. The molecule has 0 atom stereocenters. The topological polar surface area (TPSA) is 97.0 Å². The van der Waals surface area contributed by atoms with Gasteiger partial charge >= 0.3 is 5.97 Å². The lowest BCUT2D eigenvalue weighted by Gasteiger charge is -2.26. The number of thiocarbonyl (C=S) groups is 1. The molecule has 0 bridgehead atoms. The number of methoxy groups -OCH3 is 1. The van der Waals surface area contributed by atoms with Crippen LogP contribution in [0, 0.1) is 0 Å². The third-order valence-corrected chi connectivity index (χ3v) is 8.49. The van der Waals surface area contributed by atoms with Gasteiger partial charge in [0, 0.05) is 30.1 Å². The van der Waals surface area contributed by atoms with Gasteiger partial charge in [0.15, 0.2) is 5.11 Å². The number of ether oxygens (including phenoxy) is 2. The number of benzene rings is 2. The summed E-state index contributed by atoms with van der Waals surface area (Å²) in [5, 5.41) is 6.86. The molecule has 0 saturated carbocycles. The van der Waals surface area contributed by atoms with E-state index in [0.29, 0.717) is 49.0 Å². The molecule has 11 heteroatoms. The van der Waals surface area contributed by atoms with Crippen molar-refractivity contribution in [3.05, 3.63) is 76.7 Å². The van der Waals surface area contributed by atoms with Crippen LogP contribution in [0.5, 0.6) is 0 Å². The Kier molecular flexibility index (Phi) is 8.14. The first-order valence-corrected chi connectivity index (χ1v) is 13.5. The standard InChI is InChI=1S/C24H25N3O5S3/c1-31-23(28)21-16-19(14-17-6-3-2-4-7-17)34-22(21)26-24(33)25-18-8-5-9-20(15-18)35(29,30)27-10-12-32-13-11-27/h2-9,15-16H,10-14H2,1H3,(H2,25,26,33). The minimum atomic E-state index is -3.64. The lowest BCUT2D eigenvalue weighted by atomic mass is 10.1. The van der Waals surface area contributed by atoms with E-state index >= 15 is 0 Å². The summed E-state index contributed by atoms with van der Waals surface area (Å²) < 4.78 is 37.5. The van der Waals surface area contributed by atoms with Crippen LogP contribution in [-0.4, -0.2) is 57.2 Å². The van der Waals surface area contributed by atoms with Gasteiger partial charge < -0.3 is 20.1 Å². The zero-order valence-corrected chi connectivity index (χ0v) is 21.5. The van der Waals surface area contributed by atoms with E-state index in [2.05, 4.69) is 10.6 Å². The fourth-order valence-corrected chi connectivity index (χ4v) is 6.44. The molecule has 1 saturated heterocycles. The normalized spacial score (nSPS) is 14.3. The number of hydrogen-bond donors (Lipinski definition) is 2. The summed E-state index contributed by atoms with van der Waals surface area (Å²) in [6.07, 6.45) is 0.665. The van der Waals surface area contributed by atoms with Crippen LogP contribution in [0.4, 0.5) is 10.7 Å². The first-order chi connectivity index (χ1) is 16.9. The first kappa shape index (κ1) is 25.3. The highest BCUT2D eigenvalue weighted by Crippen LogP contribution is 2.31. The molecule has 2 N–H and O–H groups in total. The zero-order chi connectivity index (χ0) is 24.8. The van der Waals surface area contributed by atoms with Crippen molar-refractivity contribution < 1.29 is 22.7 Å². The maximum Gasteiger partial charge on any atom is 0.340 e. The third-order valence-electron chi connectivity index (χ3n) is 5.34. The summed E-state index contributed by atoms with van der Waals surface area (Å²) in [5.41, 5.74) is 2.02. The molecule has 0 unspecified atom stereocenters. The summed E-state index contributed by atoms with van der Waals surface area (Å²) in [6, 6.07) is 18.2. The molecule has 35 heavy (non-hydrogen) atoms. The Morgan fingerprint density at radius 3 is 2.54 bits per heavy atom. The Hall–Kier alpha value is -2.83. The number of rotatable bonds is 7. The molecular weight excluding hydrogens is 506 g/mol. The highest BCUT2D eigenvalue weighted by Gasteiger charge is 2.26. The number of sulfonamides is 1. The van der Waals surface area contributed by atoms with E-state index in [1.54, 1.807) is 24.3 Å². The van der Waals surface area contributed by atoms with E-state index < -0.39 is 16.0 Å². The maximum absolute atomic E-state index is 13.0. The van der Waals surface area contributed by atoms with Crippen molar-refractivity contribution >= 4 is 55.3 Å². The molecule has 8 nitrogen and oxygen atoms in total. The Balaban J connectivity index is 1.49. The number of nitrogens with zero attached hydrogens (tertiary/aromatic N) is 1. The Labute approximate surface area is 213 Å². The highest BCUT2D eigenvalue weighted by atomic mass is 32.2. The molecule has 1 aromatic heterocycles. The van der Waals surface area contributed by atoms with Crippen LogP contribution in [0.25, 0.3) is 0 Å². The van der Waals surface area contributed by atoms with Crippen molar-refractivity contribution in [2.45, 2.75) is 11.3 Å². The van der Waals surface area contributed by atoms with Crippen LogP contribution >= 0.6 is 23.6 Å². The maximum atomic E-state index is 13.0. The predicted octanol–water partition coefficient (Wildman–Crippen LogP) is 3.96. The molecule has 4 rings (SSSR count).